The van der Waals surface area contributed by atoms with Crippen LogP contribution in [0.5, 0.6) is 0 Å². The van der Waals surface area contributed by atoms with Gasteiger partial charge in [-0.3, -0.25) is 4.79 Å². The van der Waals surface area contributed by atoms with Crippen LogP contribution in [0.4, 0.5) is 0 Å². The molecule has 1 amide bonds. The third-order valence-corrected chi connectivity index (χ3v) is 3.84. The standard InChI is InChI=1S/C11H17N3OS/c1-7-6-13-11(16-7)8(2)14-10(15)9-4-3-5-12-9/h6,8-9,12H,3-5H2,1-2H3,(H,14,15)/t8?,9-/m0/s1. The third-order valence-electron chi connectivity index (χ3n) is 2.75. The highest BCUT2D eigenvalue weighted by atomic mass is 32.1. The molecule has 5 heteroatoms. The molecule has 0 aliphatic carbocycles. The summed E-state index contributed by atoms with van der Waals surface area (Å²) in [6.45, 7) is 4.95. The number of amides is 1. The van der Waals surface area contributed by atoms with Crippen LogP contribution in [0.3, 0.4) is 0 Å². The number of carbonyl (C=O) groups excluding carboxylic acids is 1. The first-order chi connectivity index (χ1) is 7.66. The monoisotopic (exact) mass is 239 g/mol. The Bertz CT molecular complexity index is 371. The molecule has 1 aliphatic heterocycles. The molecule has 1 saturated heterocycles. The molecule has 2 atom stereocenters. The van der Waals surface area contributed by atoms with E-state index < -0.39 is 0 Å². The van der Waals surface area contributed by atoms with Crippen molar-refractivity contribution in [3.8, 4) is 0 Å². The second kappa shape index (κ2) is 4.93. The fourth-order valence-electron chi connectivity index (χ4n) is 1.86. The van der Waals surface area contributed by atoms with Crippen molar-refractivity contribution in [2.24, 2.45) is 0 Å². The van der Waals surface area contributed by atoms with Gasteiger partial charge in [0.15, 0.2) is 0 Å². The lowest BCUT2D eigenvalue weighted by Crippen LogP contribution is -2.41. The second-order valence-corrected chi connectivity index (χ2v) is 5.45. The van der Waals surface area contributed by atoms with E-state index in [1.54, 1.807) is 11.3 Å². The van der Waals surface area contributed by atoms with Crippen molar-refractivity contribution in [1.82, 2.24) is 15.6 Å². The number of hydrogen-bond acceptors (Lipinski definition) is 4. The van der Waals surface area contributed by atoms with Crippen molar-refractivity contribution in [1.29, 1.82) is 0 Å². The zero-order valence-corrected chi connectivity index (χ0v) is 10.4. The molecule has 0 bridgehead atoms. The van der Waals surface area contributed by atoms with E-state index in [2.05, 4.69) is 15.6 Å². The Kier molecular flexibility index (Phi) is 3.56. The molecule has 2 N–H and O–H groups in total. The summed E-state index contributed by atoms with van der Waals surface area (Å²) in [6.07, 6.45) is 3.87. The van der Waals surface area contributed by atoms with Gasteiger partial charge in [0.1, 0.15) is 5.01 Å². The summed E-state index contributed by atoms with van der Waals surface area (Å²) in [7, 11) is 0. The summed E-state index contributed by atoms with van der Waals surface area (Å²) in [5, 5.41) is 7.16. The van der Waals surface area contributed by atoms with Crippen molar-refractivity contribution in [2.75, 3.05) is 6.54 Å². The summed E-state index contributed by atoms with van der Waals surface area (Å²) in [5.74, 6) is 0.0952. The van der Waals surface area contributed by atoms with Gasteiger partial charge in [0, 0.05) is 11.1 Å². The van der Waals surface area contributed by atoms with Crippen LogP contribution < -0.4 is 10.6 Å². The van der Waals surface area contributed by atoms with Crippen molar-refractivity contribution in [3.63, 3.8) is 0 Å². The van der Waals surface area contributed by atoms with E-state index in [9.17, 15) is 4.79 Å². The van der Waals surface area contributed by atoms with Gasteiger partial charge in [-0.15, -0.1) is 11.3 Å². The Morgan fingerprint density at radius 1 is 1.75 bits per heavy atom. The van der Waals surface area contributed by atoms with Crippen LogP contribution in [0.15, 0.2) is 6.20 Å². The topological polar surface area (TPSA) is 54.0 Å². The summed E-state index contributed by atoms with van der Waals surface area (Å²) >= 11 is 1.63. The Morgan fingerprint density at radius 2 is 2.56 bits per heavy atom. The van der Waals surface area contributed by atoms with Crippen LogP contribution in [-0.2, 0) is 4.79 Å². The Hall–Kier alpha value is -0.940. The lowest BCUT2D eigenvalue weighted by molar-refractivity contribution is -0.123. The maximum absolute atomic E-state index is 11.8. The minimum atomic E-state index is -0.0106. The van der Waals surface area contributed by atoms with E-state index in [0.29, 0.717) is 0 Å². The third kappa shape index (κ3) is 2.59. The van der Waals surface area contributed by atoms with Crippen LogP contribution >= 0.6 is 11.3 Å². The predicted octanol–water partition coefficient (Wildman–Crippen LogP) is 1.38. The van der Waals surface area contributed by atoms with Crippen molar-refractivity contribution >= 4 is 17.2 Å². The maximum Gasteiger partial charge on any atom is 0.237 e. The Morgan fingerprint density at radius 3 is 3.12 bits per heavy atom. The molecule has 16 heavy (non-hydrogen) atoms. The van der Waals surface area contributed by atoms with Gasteiger partial charge in [0.2, 0.25) is 5.91 Å². The average Bonchev–Trinajstić information content (AvgIpc) is 2.87. The second-order valence-electron chi connectivity index (χ2n) is 4.19. The molecule has 0 spiro atoms. The van der Waals surface area contributed by atoms with E-state index >= 15 is 0 Å². The highest BCUT2D eigenvalue weighted by molar-refractivity contribution is 7.11. The van der Waals surface area contributed by atoms with E-state index in [1.165, 1.54) is 4.88 Å². The molecule has 1 aromatic heterocycles. The molecular weight excluding hydrogens is 222 g/mol. The summed E-state index contributed by atoms with van der Waals surface area (Å²) in [4.78, 5) is 17.3. The zero-order valence-electron chi connectivity index (χ0n) is 9.62. The lowest BCUT2D eigenvalue weighted by Gasteiger charge is -2.15. The van der Waals surface area contributed by atoms with Gasteiger partial charge in [-0.25, -0.2) is 4.98 Å². The van der Waals surface area contributed by atoms with Crippen molar-refractivity contribution in [2.45, 2.75) is 38.8 Å². The molecule has 2 heterocycles. The highest BCUT2D eigenvalue weighted by Crippen LogP contribution is 2.19. The van der Waals surface area contributed by atoms with Crippen LogP contribution in [0.2, 0.25) is 0 Å². The molecule has 1 aliphatic rings. The van der Waals surface area contributed by atoms with Crippen molar-refractivity contribution in [3.05, 3.63) is 16.1 Å². The van der Waals surface area contributed by atoms with Crippen molar-refractivity contribution < 1.29 is 4.79 Å². The fraction of sp³-hybridized carbons (Fsp3) is 0.636. The van der Waals surface area contributed by atoms with Gasteiger partial charge in [-0.05, 0) is 33.2 Å². The molecule has 1 aromatic rings. The van der Waals surface area contributed by atoms with Gasteiger partial charge in [-0.2, -0.15) is 0 Å². The zero-order chi connectivity index (χ0) is 11.5. The molecule has 1 fully saturated rings. The first-order valence-electron chi connectivity index (χ1n) is 5.63. The van der Waals surface area contributed by atoms with Crippen LogP contribution in [0, 0.1) is 6.92 Å². The minimum Gasteiger partial charge on any atom is -0.346 e. The summed E-state index contributed by atoms with van der Waals surface area (Å²) < 4.78 is 0. The molecule has 88 valence electrons. The Balaban J connectivity index is 1.91. The van der Waals surface area contributed by atoms with Gasteiger partial charge in [-0.1, -0.05) is 0 Å². The van der Waals surface area contributed by atoms with Gasteiger partial charge in [0.25, 0.3) is 0 Å². The molecule has 1 unspecified atom stereocenters. The van der Waals surface area contributed by atoms with Crippen LogP contribution in [0.1, 0.15) is 35.7 Å². The first-order valence-corrected chi connectivity index (χ1v) is 6.44. The molecule has 2 rings (SSSR count). The number of rotatable bonds is 3. The van der Waals surface area contributed by atoms with Gasteiger partial charge >= 0.3 is 0 Å². The lowest BCUT2D eigenvalue weighted by atomic mass is 10.2. The number of thiazole rings is 1. The predicted molar refractivity (Wildman–Crippen MR) is 64.4 cm³/mol. The molecule has 0 aromatic carbocycles. The van der Waals surface area contributed by atoms with E-state index in [0.717, 1.165) is 24.4 Å². The van der Waals surface area contributed by atoms with E-state index in [1.807, 2.05) is 20.0 Å². The van der Waals surface area contributed by atoms with Gasteiger partial charge < -0.3 is 10.6 Å². The summed E-state index contributed by atoms with van der Waals surface area (Å²) in [5.41, 5.74) is 0. The largest absolute Gasteiger partial charge is 0.346 e. The Labute approximate surface area is 99.5 Å². The average molecular weight is 239 g/mol. The van der Waals surface area contributed by atoms with Crippen LogP contribution in [-0.4, -0.2) is 23.5 Å². The number of nitrogens with one attached hydrogen (secondary N) is 2. The molecule has 4 nitrogen and oxygen atoms in total. The SMILES string of the molecule is Cc1cnc(C(C)NC(=O)[C@@H]2CCCN2)s1. The minimum absolute atomic E-state index is 0.00796. The number of nitrogens with zero attached hydrogens (tertiary/aromatic N) is 1. The number of aromatic nitrogens is 1. The smallest absolute Gasteiger partial charge is 0.237 e. The van der Waals surface area contributed by atoms with E-state index in [-0.39, 0.29) is 18.0 Å². The highest BCUT2D eigenvalue weighted by Gasteiger charge is 2.23. The number of aryl methyl sites for hydroxylation is 1. The quantitative estimate of drug-likeness (QED) is 0.838. The number of hydrogen-bond donors (Lipinski definition) is 2. The molecule has 0 saturated carbocycles. The maximum atomic E-state index is 11.8. The first kappa shape index (κ1) is 11.5. The molecular formula is C11H17N3OS. The van der Waals surface area contributed by atoms with Gasteiger partial charge in [0.05, 0.1) is 12.1 Å². The number of carbonyl (C=O) groups is 1. The molecule has 0 radical (unpaired) electrons. The van der Waals surface area contributed by atoms with Crippen LogP contribution in [0.25, 0.3) is 0 Å². The fourth-order valence-corrected chi connectivity index (χ4v) is 2.63. The normalized spacial score (nSPS) is 22.0. The van der Waals surface area contributed by atoms with E-state index in [4.69, 9.17) is 0 Å². The summed E-state index contributed by atoms with van der Waals surface area (Å²) in [6, 6.07) is -0.00268.